The molecule has 1 fully saturated rings. The number of hydrogen-bond donors (Lipinski definition) is 1. The molecule has 5 heteroatoms. The fourth-order valence-electron chi connectivity index (χ4n) is 1.62. The van der Waals surface area contributed by atoms with E-state index < -0.39 is 23.6 Å². The van der Waals surface area contributed by atoms with Crippen molar-refractivity contribution >= 4 is 23.4 Å². The van der Waals surface area contributed by atoms with Crippen molar-refractivity contribution in [2.45, 2.75) is 6.42 Å². The van der Waals surface area contributed by atoms with Gasteiger partial charge in [-0.25, -0.2) is 4.39 Å². The first kappa shape index (κ1) is 11.1. The van der Waals surface area contributed by atoms with Crippen molar-refractivity contribution in [2.75, 3.05) is 0 Å². The van der Waals surface area contributed by atoms with Crippen LogP contribution < -0.4 is 0 Å². The number of Topliss-reactive ketones (excluding diaryl/α,β-unsaturated/α-hetero) is 1. The molecule has 0 aliphatic heterocycles. The van der Waals surface area contributed by atoms with Crippen LogP contribution in [0, 0.1) is 17.7 Å². The topological polar surface area (TPSA) is 54.4 Å². The summed E-state index contributed by atoms with van der Waals surface area (Å²) in [6, 6.07) is 3.75. The maximum atomic E-state index is 13.1. The first-order valence-electron chi connectivity index (χ1n) is 4.73. The lowest BCUT2D eigenvalue weighted by atomic mass is 10.1. The average molecular weight is 243 g/mol. The van der Waals surface area contributed by atoms with Crippen LogP contribution in [-0.4, -0.2) is 16.9 Å². The van der Waals surface area contributed by atoms with Gasteiger partial charge in [-0.05, 0) is 24.6 Å². The van der Waals surface area contributed by atoms with Crippen molar-refractivity contribution < 1.29 is 19.1 Å². The Balaban J connectivity index is 2.17. The van der Waals surface area contributed by atoms with Crippen molar-refractivity contribution in [3.8, 4) is 0 Å². The summed E-state index contributed by atoms with van der Waals surface area (Å²) in [5.41, 5.74) is 0.177. The molecule has 1 aliphatic carbocycles. The molecule has 1 aromatic rings. The van der Waals surface area contributed by atoms with Gasteiger partial charge in [-0.1, -0.05) is 11.6 Å². The highest BCUT2D eigenvalue weighted by Gasteiger charge is 2.48. The fraction of sp³-hybridized carbons (Fsp3) is 0.273. The zero-order chi connectivity index (χ0) is 11.9. The third kappa shape index (κ3) is 1.93. The zero-order valence-electron chi connectivity index (χ0n) is 8.11. The van der Waals surface area contributed by atoms with Gasteiger partial charge in [-0.2, -0.15) is 0 Å². The number of rotatable bonds is 3. The maximum Gasteiger partial charge on any atom is 0.307 e. The molecule has 1 aromatic carbocycles. The van der Waals surface area contributed by atoms with Crippen molar-refractivity contribution in [1.82, 2.24) is 0 Å². The minimum Gasteiger partial charge on any atom is -0.481 e. The predicted molar refractivity (Wildman–Crippen MR) is 55.0 cm³/mol. The predicted octanol–water partition coefficient (Wildman–Crippen LogP) is 2.38. The molecule has 0 amide bonds. The van der Waals surface area contributed by atoms with E-state index in [1.165, 1.54) is 12.1 Å². The average Bonchev–Trinajstić information content (AvgIpc) is 3.01. The quantitative estimate of drug-likeness (QED) is 0.828. The van der Waals surface area contributed by atoms with Crippen LogP contribution in [0.15, 0.2) is 18.2 Å². The van der Waals surface area contributed by atoms with Crippen molar-refractivity contribution in [3.05, 3.63) is 34.6 Å². The lowest BCUT2D eigenvalue weighted by Crippen LogP contribution is -2.08. The number of carboxylic acid groups (broad SMARTS) is 1. The SMILES string of the molecule is O=C(O)[C@H]1C[C@@H]1C(=O)c1ccc(Cl)c(F)c1. The summed E-state index contributed by atoms with van der Waals surface area (Å²) in [7, 11) is 0. The second-order valence-corrected chi connectivity index (χ2v) is 4.19. The molecular formula is C11H8ClFO3. The number of benzene rings is 1. The Bertz CT molecular complexity index is 472. The van der Waals surface area contributed by atoms with Gasteiger partial charge in [0.25, 0.3) is 0 Å². The van der Waals surface area contributed by atoms with E-state index in [1.54, 1.807) is 0 Å². The minimum atomic E-state index is -0.979. The molecule has 0 aromatic heterocycles. The van der Waals surface area contributed by atoms with Crippen LogP contribution in [0.3, 0.4) is 0 Å². The smallest absolute Gasteiger partial charge is 0.307 e. The summed E-state index contributed by atoms with van der Waals surface area (Å²) in [6.07, 6.45) is 0.332. The lowest BCUT2D eigenvalue weighted by molar-refractivity contribution is -0.138. The Labute approximate surface area is 95.8 Å². The largest absolute Gasteiger partial charge is 0.481 e. The van der Waals surface area contributed by atoms with E-state index in [0.29, 0.717) is 6.42 Å². The number of carboxylic acids is 1. The number of aliphatic carboxylic acids is 1. The second kappa shape index (κ2) is 3.87. The number of ketones is 1. The van der Waals surface area contributed by atoms with Crippen LogP contribution in [0.5, 0.6) is 0 Å². The third-order valence-corrected chi connectivity index (χ3v) is 2.96. The molecule has 1 saturated carbocycles. The number of hydrogen-bond acceptors (Lipinski definition) is 2. The molecule has 0 saturated heterocycles. The third-order valence-electron chi connectivity index (χ3n) is 2.65. The Morgan fingerprint density at radius 2 is 2.06 bits per heavy atom. The van der Waals surface area contributed by atoms with E-state index in [9.17, 15) is 14.0 Å². The summed E-state index contributed by atoms with van der Waals surface area (Å²) in [4.78, 5) is 22.3. The summed E-state index contributed by atoms with van der Waals surface area (Å²) in [5, 5.41) is 8.62. The second-order valence-electron chi connectivity index (χ2n) is 3.78. The van der Waals surface area contributed by atoms with Gasteiger partial charge in [0.15, 0.2) is 5.78 Å². The van der Waals surface area contributed by atoms with Gasteiger partial charge in [0.05, 0.1) is 10.9 Å². The number of carbonyl (C=O) groups excluding carboxylic acids is 1. The molecule has 2 atom stereocenters. The molecule has 1 aliphatic rings. The Morgan fingerprint density at radius 1 is 1.38 bits per heavy atom. The van der Waals surface area contributed by atoms with E-state index in [-0.39, 0.29) is 16.4 Å². The molecule has 16 heavy (non-hydrogen) atoms. The molecule has 2 rings (SSSR count). The Kier molecular flexibility index (Phi) is 2.68. The molecule has 0 heterocycles. The normalized spacial score (nSPS) is 22.9. The van der Waals surface area contributed by atoms with Crippen LogP contribution in [-0.2, 0) is 4.79 Å². The molecule has 0 bridgehead atoms. The van der Waals surface area contributed by atoms with Gasteiger partial charge in [0.1, 0.15) is 5.82 Å². The highest BCUT2D eigenvalue weighted by atomic mass is 35.5. The number of carbonyl (C=O) groups is 2. The van der Waals surface area contributed by atoms with E-state index in [4.69, 9.17) is 16.7 Å². The van der Waals surface area contributed by atoms with E-state index >= 15 is 0 Å². The van der Waals surface area contributed by atoms with Crippen LogP contribution in [0.4, 0.5) is 4.39 Å². The minimum absolute atomic E-state index is 0.0536. The Hall–Kier alpha value is -1.42. The first-order chi connectivity index (χ1) is 7.50. The van der Waals surface area contributed by atoms with Crippen molar-refractivity contribution in [1.29, 1.82) is 0 Å². The summed E-state index contributed by atoms with van der Waals surface area (Å²) < 4.78 is 13.1. The standard InChI is InChI=1S/C11H8ClFO3/c12-8-2-1-5(3-9(8)13)10(14)6-4-7(6)11(15)16/h1-3,6-7H,4H2,(H,15,16)/t6-,7-/m0/s1. The molecule has 3 nitrogen and oxygen atoms in total. The highest BCUT2D eigenvalue weighted by molar-refractivity contribution is 6.30. The van der Waals surface area contributed by atoms with Gasteiger partial charge < -0.3 is 5.11 Å². The van der Waals surface area contributed by atoms with Crippen molar-refractivity contribution in [3.63, 3.8) is 0 Å². The van der Waals surface area contributed by atoms with Crippen LogP contribution >= 0.6 is 11.6 Å². The van der Waals surface area contributed by atoms with Gasteiger partial charge in [-0.15, -0.1) is 0 Å². The van der Waals surface area contributed by atoms with E-state index in [2.05, 4.69) is 0 Å². The molecule has 84 valence electrons. The molecule has 1 N–H and O–H groups in total. The zero-order valence-corrected chi connectivity index (χ0v) is 8.87. The van der Waals surface area contributed by atoms with Gasteiger partial charge >= 0.3 is 5.97 Å². The van der Waals surface area contributed by atoms with Gasteiger partial charge in [0, 0.05) is 11.5 Å². The highest BCUT2D eigenvalue weighted by Crippen LogP contribution is 2.41. The van der Waals surface area contributed by atoms with Gasteiger partial charge in [0.2, 0.25) is 0 Å². The van der Waals surface area contributed by atoms with Crippen LogP contribution in [0.25, 0.3) is 0 Å². The van der Waals surface area contributed by atoms with E-state index in [0.717, 1.165) is 6.07 Å². The Morgan fingerprint density at radius 3 is 2.56 bits per heavy atom. The van der Waals surface area contributed by atoms with E-state index in [1.807, 2.05) is 0 Å². The summed E-state index contributed by atoms with van der Waals surface area (Å²) >= 11 is 5.48. The molecular weight excluding hydrogens is 235 g/mol. The van der Waals surface area contributed by atoms with Crippen LogP contribution in [0.2, 0.25) is 5.02 Å². The summed E-state index contributed by atoms with van der Waals surface area (Å²) in [6.45, 7) is 0. The summed E-state index contributed by atoms with van der Waals surface area (Å²) in [5.74, 6) is -3.11. The van der Waals surface area contributed by atoms with Crippen LogP contribution in [0.1, 0.15) is 16.8 Å². The first-order valence-corrected chi connectivity index (χ1v) is 5.10. The monoisotopic (exact) mass is 242 g/mol. The molecule has 0 unspecified atom stereocenters. The molecule has 0 spiro atoms. The maximum absolute atomic E-state index is 13.1. The molecule has 0 radical (unpaired) electrons. The van der Waals surface area contributed by atoms with Crippen molar-refractivity contribution in [2.24, 2.45) is 11.8 Å². The van der Waals surface area contributed by atoms with Gasteiger partial charge in [-0.3, -0.25) is 9.59 Å². The fourth-order valence-corrected chi connectivity index (χ4v) is 1.74. The number of halogens is 2. The lowest BCUT2D eigenvalue weighted by Gasteiger charge is -2.00.